The first-order valence-corrected chi connectivity index (χ1v) is 11.8. The molecule has 0 saturated heterocycles. The molecule has 1 aliphatic rings. The Balaban J connectivity index is 1.27. The van der Waals surface area contributed by atoms with E-state index in [0.717, 1.165) is 11.1 Å². The van der Waals surface area contributed by atoms with Gasteiger partial charge in [0.25, 0.3) is 15.9 Å². The third kappa shape index (κ3) is 5.65. The molecule has 10 heteroatoms. The SMILES string of the molecule is Cc1ccc(NS(=O)(=O)c2ccc(C(=O)OCC(=O)NCc3ccc4c(c3)OCO4)cc2)cc1. The van der Waals surface area contributed by atoms with Crippen molar-refractivity contribution in [1.82, 2.24) is 5.32 Å². The molecule has 0 aliphatic carbocycles. The lowest BCUT2D eigenvalue weighted by atomic mass is 10.2. The second-order valence-corrected chi connectivity index (χ2v) is 9.22. The average Bonchev–Trinajstić information content (AvgIpc) is 3.30. The van der Waals surface area contributed by atoms with E-state index in [1.165, 1.54) is 24.3 Å². The summed E-state index contributed by atoms with van der Waals surface area (Å²) >= 11 is 0. The molecule has 0 unspecified atom stereocenters. The number of nitrogens with one attached hydrogen (secondary N) is 2. The first kappa shape index (κ1) is 23.1. The second kappa shape index (κ2) is 9.84. The van der Waals surface area contributed by atoms with Crippen molar-refractivity contribution < 1.29 is 32.2 Å². The van der Waals surface area contributed by atoms with Gasteiger partial charge in [0.1, 0.15) is 0 Å². The smallest absolute Gasteiger partial charge is 0.338 e. The largest absolute Gasteiger partial charge is 0.454 e. The van der Waals surface area contributed by atoms with Crippen LogP contribution >= 0.6 is 0 Å². The topological polar surface area (TPSA) is 120 Å². The monoisotopic (exact) mass is 482 g/mol. The summed E-state index contributed by atoms with van der Waals surface area (Å²) in [5, 5.41) is 2.65. The van der Waals surface area contributed by atoms with Crippen LogP contribution in [0.3, 0.4) is 0 Å². The van der Waals surface area contributed by atoms with Gasteiger partial charge in [0.05, 0.1) is 10.5 Å². The number of sulfonamides is 1. The van der Waals surface area contributed by atoms with E-state index in [0.29, 0.717) is 17.2 Å². The Morgan fingerprint density at radius 3 is 2.38 bits per heavy atom. The van der Waals surface area contributed by atoms with Crippen LogP contribution in [0.5, 0.6) is 11.5 Å². The molecule has 0 bridgehead atoms. The lowest BCUT2D eigenvalue weighted by Gasteiger charge is -2.10. The van der Waals surface area contributed by atoms with Gasteiger partial charge < -0.3 is 19.5 Å². The van der Waals surface area contributed by atoms with Gasteiger partial charge in [-0.3, -0.25) is 9.52 Å². The van der Waals surface area contributed by atoms with Crippen molar-refractivity contribution in [2.24, 2.45) is 0 Å². The summed E-state index contributed by atoms with van der Waals surface area (Å²) in [6, 6.07) is 17.5. The minimum absolute atomic E-state index is 0.00825. The highest BCUT2D eigenvalue weighted by atomic mass is 32.2. The van der Waals surface area contributed by atoms with Gasteiger partial charge in [0, 0.05) is 12.2 Å². The Morgan fingerprint density at radius 1 is 0.941 bits per heavy atom. The van der Waals surface area contributed by atoms with E-state index in [9.17, 15) is 18.0 Å². The molecule has 0 spiro atoms. The van der Waals surface area contributed by atoms with E-state index in [-0.39, 0.29) is 23.8 Å². The molecular weight excluding hydrogens is 460 g/mol. The maximum atomic E-state index is 12.5. The first-order chi connectivity index (χ1) is 16.3. The van der Waals surface area contributed by atoms with Gasteiger partial charge in [-0.2, -0.15) is 0 Å². The molecule has 9 nitrogen and oxygen atoms in total. The van der Waals surface area contributed by atoms with Gasteiger partial charge in [-0.15, -0.1) is 0 Å². The highest BCUT2D eigenvalue weighted by Gasteiger charge is 2.17. The van der Waals surface area contributed by atoms with Crippen molar-refractivity contribution >= 4 is 27.6 Å². The van der Waals surface area contributed by atoms with E-state index in [1.54, 1.807) is 42.5 Å². The van der Waals surface area contributed by atoms with Crippen LogP contribution in [0.15, 0.2) is 71.6 Å². The van der Waals surface area contributed by atoms with Crippen LogP contribution in [0.25, 0.3) is 0 Å². The maximum absolute atomic E-state index is 12.5. The number of aryl methyl sites for hydroxylation is 1. The molecule has 34 heavy (non-hydrogen) atoms. The third-order valence-electron chi connectivity index (χ3n) is 4.97. The fraction of sp³-hybridized carbons (Fsp3) is 0.167. The number of esters is 1. The predicted octanol–water partition coefficient (Wildman–Crippen LogP) is 3.00. The normalized spacial score (nSPS) is 12.1. The van der Waals surface area contributed by atoms with Crippen LogP contribution in [0.2, 0.25) is 0 Å². The number of amides is 1. The number of benzene rings is 3. The lowest BCUT2D eigenvalue weighted by Crippen LogP contribution is -2.28. The molecule has 1 aliphatic heterocycles. The highest BCUT2D eigenvalue weighted by Crippen LogP contribution is 2.32. The fourth-order valence-electron chi connectivity index (χ4n) is 3.12. The van der Waals surface area contributed by atoms with Crippen LogP contribution in [0.1, 0.15) is 21.5 Å². The third-order valence-corrected chi connectivity index (χ3v) is 6.36. The van der Waals surface area contributed by atoms with Gasteiger partial charge >= 0.3 is 5.97 Å². The zero-order chi connectivity index (χ0) is 24.1. The van der Waals surface area contributed by atoms with E-state index >= 15 is 0 Å². The van der Waals surface area contributed by atoms with Gasteiger partial charge in [0.15, 0.2) is 18.1 Å². The zero-order valence-electron chi connectivity index (χ0n) is 18.2. The van der Waals surface area contributed by atoms with Gasteiger partial charge in [-0.1, -0.05) is 23.8 Å². The Labute approximate surface area is 196 Å². The molecule has 0 fully saturated rings. The molecule has 0 atom stereocenters. The molecule has 176 valence electrons. The number of rotatable bonds is 8. The summed E-state index contributed by atoms with van der Waals surface area (Å²) < 4.78 is 43.1. The summed E-state index contributed by atoms with van der Waals surface area (Å²) in [5.41, 5.74) is 2.37. The quantitative estimate of drug-likeness (QED) is 0.474. The minimum atomic E-state index is -3.81. The molecule has 4 rings (SSSR count). The molecule has 0 aromatic heterocycles. The number of carbonyl (C=O) groups is 2. The Hall–Kier alpha value is -4.05. The molecule has 1 heterocycles. The molecule has 1 amide bonds. The van der Waals surface area contributed by atoms with Crippen LogP contribution < -0.4 is 19.5 Å². The van der Waals surface area contributed by atoms with Gasteiger partial charge in [-0.05, 0) is 61.0 Å². The lowest BCUT2D eigenvalue weighted by molar-refractivity contribution is -0.124. The van der Waals surface area contributed by atoms with Gasteiger partial charge in [-0.25, -0.2) is 13.2 Å². The van der Waals surface area contributed by atoms with E-state index in [4.69, 9.17) is 14.2 Å². The molecular formula is C24H22N2O7S. The minimum Gasteiger partial charge on any atom is -0.454 e. The van der Waals surface area contributed by atoms with Crippen molar-refractivity contribution in [3.05, 3.63) is 83.4 Å². The van der Waals surface area contributed by atoms with Crippen molar-refractivity contribution in [3.63, 3.8) is 0 Å². The Kier molecular flexibility index (Phi) is 6.69. The van der Waals surface area contributed by atoms with Gasteiger partial charge in [0.2, 0.25) is 6.79 Å². The second-order valence-electron chi connectivity index (χ2n) is 7.54. The number of carbonyl (C=O) groups excluding carboxylic acids is 2. The van der Waals surface area contributed by atoms with E-state index in [1.807, 2.05) is 6.92 Å². The summed E-state index contributed by atoms with van der Waals surface area (Å²) in [7, 11) is -3.81. The summed E-state index contributed by atoms with van der Waals surface area (Å²) in [4.78, 5) is 24.3. The number of fused-ring (bicyclic) bond motifs is 1. The number of ether oxygens (including phenoxy) is 3. The summed E-state index contributed by atoms with van der Waals surface area (Å²) in [6.45, 7) is 1.82. The molecule has 0 radical (unpaired) electrons. The standard InChI is InChI=1S/C24H22N2O7S/c1-16-2-7-19(8-3-16)26-34(29,30)20-9-5-18(6-10-20)24(28)31-14-23(27)25-13-17-4-11-21-22(12-17)33-15-32-21/h2-12,26H,13-15H2,1H3,(H,25,27). The average molecular weight is 483 g/mol. The summed E-state index contributed by atoms with van der Waals surface area (Å²) in [5.74, 6) is 0.0349. The van der Waals surface area contributed by atoms with Crippen molar-refractivity contribution in [2.75, 3.05) is 18.1 Å². The van der Waals surface area contributed by atoms with E-state index in [2.05, 4.69) is 10.0 Å². The maximum Gasteiger partial charge on any atom is 0.338 e. The number of hydrogen-bond donors (Lipinski definition) is 2. The Morgan fingerprint density at radius 2 is 1.65 bits per heavy atom. The van der Waals surface area contributed by atoms with Crippen LogP contribution in [0, 0.1) is 6.92 Å². The first-order valence-electron chi connectivity index (χ1n) is 10.3. The molecule has 3 aromatic carbocycles. The predicted molar refractivity (Wildman–Crippen MR) is 123 cm³/mol. The highest BCUT2D eigenvalue weighted by molar-refractivity contribution is 7.92. The molecule has 0 saturated carbocycles. The van der Waals surface area contributed by atoms with Crippen LogP contribution in [-0.4, -0.2) is 33.7 Å². The summed E-state index contributed by atoms with van der Waals surface area (Å²) in [6.07, 6.45) is 0. The number of hydrogen-bond acceptors (Lipinski definition) is 7. The van der Waals surface area contributed by atoms with Crippen molar-refractivity contribution in [3.8, 4) is 11.5 Å². The van der Waals surface area contributed by atoms with E-state index < -0.39 is 28.5 Å². The van der Waals surface area contributed by atoms with Crippen molar-refractivity contribution in [2.45, 2.75) is 18.4 Å². The van der Waals surface area contributed by atoms with Crippen LogP contribution in [0.4, 0.5) is 5.69 Å². The Bertz CT molecular complexity index is 1300. The van der Waals surface area contributed by atoms with Crippen molar-refractivity contribution in [1.29, 1.82) is 0 Å². The molecule has 3 aromatic rings. The number of anilines is 1. The van der Waals surface area contributed by atoms with Crippen LogP contribution in [-0.2, 0) is 26.1 Å². The fourth-order valence-corrected chi connectivity index (χ4v) is 4.18. The zero-order valence-corrected chi connectivity index (χ0v) is 19.1. The molecule has 2 N–H and O–H groups in total.